The van der Waals surface area contributed by atoms with Gasteiger partial charge in [-0.05, 0) is 54.3 Å². The predicted octanol–water partition coefficient (Wildman–Crippen LogP) is 2.89. The highest BCUT2D eigenvalue weighted by Crippen LogP contribution is 2.15. The third-order valence-corrected chi connectivity index (χ3v) is 3.58. The number of carboxylic acids is 1. The molecule has 1 aromatic carbocycles. The summed E-state index contributed by atoms with van der Waals surface area (Å²) < 4.78 is 5.65. The maximum atomic E-state index is 12.2. The molecule has 6 heteroatoms. The summed E-state index contributed by atoms with van der Waals surface area (Å²) in [5, 5.41) is 11.8. The molecule has 132 valence electrons. The zero-order valence-corrected chi connectivity index (χ0v) is 14.3. The molecule has 1 aromatic heterocycles. The number of aliphatic carboxylic acids is 1. The van der Waals surface area contributed by atoms with Gasteiger partial charge in [-0.2, -0.15) is 0 Å². The third-order valence-electron chi connectivity index (χ3n) is 3.58. The number of rotatable bonds is 8. The highest BCUT2D eigenvalue weighted by atomic mass is 16.5. The van der Waals surface area contributed by atoms with Gasteiger partial charge < -0.3 is 15.2 Å². The molecule has 25 heavy (non-hydrogen) atoms. The average Bonchev–Trinajstić information content (AvgIpc) is 2.60. The number of nitrogens with zero attached hydrogens (tertiary/aromatic N) is 1. The van der Waals surface area contributed by atoms with Gasteiger partial charge in [-0.15, -0.1) is 0 Å². The van der Waals surface area contributed by atoms with Crippen molar-refractivity contribution in [1.82, 2.24) is 10.3 Å². The van der Waals surface area contributed by atoms with E-state index in [9.17, 15) is 14.7 Å². The molecule has 1 amide bonds. The minimum atomic E-state index is -1.03. The Hall–Kier alpha value is -2.89. The first kappa shape index (κ1) is 18.4. The zero-order valence-electron chi connectivity index (χ0n) is 14.3. The van der Waals surface area contributed by atoms with E-state index in [-0.39, 0.29) is 5.92 Å². The summed E-state index contributed by atoms with van der Waals surface area (Å²) in [5.74, 6) is -0.635. The first-order valence-electron chi connectivity index (χ1n) is 8.11. The fourth-order valence-corrected chi connectivity index (χ4v) is 2.28. The molecule has 0 fully saturated rings. The number of hydrogen-bond acceptors (Lipinski definition) is 4. The van der Waals surface area contributed by atoms with Gasteiger partial charge in [0.2, 0.25) is 0 Å². The molecule has 0 saturated carbocycles. The fraction of sp³-hybridized carbons (Fsp3) is 0.316. The molecule has 0 aliphatic heterocycles. The molecule has 1 heterocycles. The molecule has 0 bridgehead atoms. The van der Waals surface area contributed by atoms with E-state index in [1.807, 2.05) is 26.0 Å². The Morgan fingerprint density at radius 3 is 2.32 bits per heavy atom. The second-order valence-corrected chi connectivity index (χ2v) is 6.16. The Kier molecular flexibility index (Phi) is 6.51. The van der Waals surface area contributed by atoms with Crippen LogP contribution >= 0.6 is 0 Å². The van der Waals surface area contributed by atoms with E-state index in [2.05, 4.69) is 10.3 Å². The van der Waals surface area contributed by atoms with Crippen LogP contribution in [0.5, 0.6) is 5.75 Å². The maximum absolute atomic E-state index is 12.2. The van der Waals surface area contributed by atoms with Crippen molar-refractivity contribution in [2.75, 3.05) is 0 Å². The monoisotopic (exact) mass is 342 g/mol. The van der Waals surface area contributed by atoms with Crippen LogP contribution in [-0.4, -0.2) is 28.0 Å². The average molecular weight is 342 g/mol. The van der Waals surface area contributed by atoms with Crippen LogP contribution in [0.25, 0.3) is 0 Å². The lowest BCUT2D eigenvalue weighted by atomic mass is 10.0. The molecule has 2 rings (SSSR count). The largest absolute Gasteiger partial charge is 0.489 e. The number of carboxylic acid groups (broad SMARTS) is 1. The minimum absolute atomic E-state index is 0.172. The van der Waals surface area contributed by atoms with Gasteiger partial charge in [-0.25, -0.2) is 4.79 Å². The van der Waals surface area contributed by atoms with E-state index in [4.69, 9.17) is 4.74 Å². The summed E-state index contributed by atoms with van der Waals surface area (Å²) in [7, 11) is 0. The molecule has 6 nitrogen and oxygen atoms in total. The molecule has 0 saturated heterocycles. The van der Waals surface area contributed by atoms with Crippen molar-refractivity contribution in [3.63, 3.8) is 0 Å². The Morgan fingerprint density at radius 2 is 1.76 bits per heavy atom. The second-order valence-electron chi connectivity index (χ2n) is 6.16. The van der Waals surface area contributed by atoms with Crippen molar-refractivity contribution in [2.24, 2.45) is 5.92 Å². The van der Waals surface area contributed by atoms with E-state index < -0.39 is 17.9 Å². The first-order valence-corrected chi connectivity index (χ1v) is 8.11. The van der Waals surface area contributed by atoms with Crippen LogP contribution in [0.4, 0.5) is 0 Å². The van der Waals surface area contributed by atoms with Crippen molar-refractivity contribution >= 4 is 11.9 Å². The predicted molar refractivity (Wildman–Crippen MR) is 93.4 cm³/mol. The van der Waals surface area contributed by atoms with Gasteiger partial charge in [0.1, 0.15) is 18.4 Å². The van der Waals surface area contributed by atoms with Crippen molar-refractivity contribution in [3.05, 3.63) is 59.9 Å². The van der Waals surface area contributed by atoms with Crippen molar-refractivity contribution in [3.8, 4) is 5.75 Å². The minimum Gasteiger partial charge on any atom is -0.489 e. The summed E-state index contributed by atoms with van der Waals surface area (Å²) in [4.78, 5) is 27.4. The molecule has 0 radical (unpaired) electrons. The lowest BCUT2D eigenvalue weighted by molar-refractivity contribution is -0.139. The van der Waals surface area contributed by atoms with Gasteiger partial charge in [0.15, 0.2) is 0 Å². The van der Waals surface area contributed by atoms with E-state index in [1.54, 1.807) is 36.7 Å². The quantitative estimate of drug-likeness (QED) is 0.770. The molecule has 1 atom stereocenters. The number of nitrogens with one attached hydrogen (secondary N) is 1. The number of pyridine rings is 1. The van der Waals surface area contributed by atoms with Gasteiger partial charge in [0, 0.05) is 18.0 Å². The van der Waals surface area contributed by atoms with E-state index in [1.165, 1.54) is 0 Å². The van der Waals surface area contributed by atoms with Crippen LogP contribution in [0.3, 0.4) is 0 Å². The van der Waals surface area contributed by atoms with Crippen LogP contribution in [-0.2, 0) is 11.4 Å². The van der Waals surface area contributed by atoms with Crippen LogP contribution in [0, 0.1) is 5.92 Å². The van der Waals surface area contributed by atoms with Crippen molar-refractivity contribution < 1.29 is 19.4 Å². The molecular weight excluding hydrogens is 320 g/mol. The molecular formula is C19H22N2O4. The molecule has 0 aliphatic carbocycles. The number of hydrogen-bond donors (Lipinski definition) is 2. The summed E-state index contributed by atoms with van der Waals surface area (Å²) in [6.07, 6.45) is 3.78. The number of benzene rings is 1. The molecule has 2 N–H and O–H groups in total. The number of aromatic nitrogens is 1. The van der Waals surface area contributed by atoms with Gasteiger partial charge >= 0.3 is 5.97 Å². The lowest BCUT2D eigenvalue weighted by Gasteiger charge is -2.16. The van der Waals surface area contributed by atoms with Gasteiger partial charge in [-0.3, -0.25) is 9.78 Å². The van der Waals surface area contributed by atoms with E-state index in [0.717, 1.165) is 5.56 Å². The highest BCUT2D eigenvalue weighted by molar-refractivity contribution is 5.96. The summed E-state index contributed by atoms with van der Waals surface area (Å²) in [6.45, 7) is 4.23. The number of ether oxygens (including phenoxy) is 1. The summed E-state index contributed by atoms with van der Waals surface area (Å²) in [6, 6.07) is 9.44. The Labute approximate surface area is 146 Å². The van der Waals surface area contributed by atoms with Gasteiger partial charge in [0.25, 0.3) is 5.91 Å². The molecule has 0 unspecified atom stereocenters. The molecule has 2 aromatic rings. The topological polar surface area (TPSA) is 88.5 Å². The maximum Gasteiger partial charge on any atom is 0.326 e. The number of carbonyl (C=O) groups excluding carboxylic acids is 1. The van der Waals surface area contributed by atoms with Crippen LogP contribution < -0.4 is 10.1 Å². The van der Waals surface area contributed by atoms with Crippen molar-refractivity contribution in [2.45, 2.75) is 32.9 Å². The summed E-state index contributed by atoms with van der Waals surface area (Å²) in [5.41, 5.74) is 1.39. The van der Waals surface area contributed by atoms with Crippen molar-refractivity contribution in [1.29, 1.82) is 0 Å². The fourth-order valence-electron chi connectivity index (χ4n) is 2.28. The van der Waals surface area contributed by atoms with Gasteiger partial charge in [-0.1, -0.05) is 13.8 Å². The highest BCUT2D eigenvalue weighted by Gasteiger charge is 2.21. The molecule has 0 spiro atoms. The first-order chi connectivity index (χ1) is 12.0. The van der Waals surface area contributed by atoms with Crippen LogP contribution in [0.2, 0.25) is 0 Å². The normalized spacial score (nSPS) is 11.8. The Balaban J connectivity index is 1.94. The van der Waals surface area contributed by atoms with Crippen LogP contribution in [0.15, 0.2) is 48.8 Å². The summed E-state index contributed by atoms with van der Waals surface area (Å²) >= 11 is 0. The molecule has 0 aliphatic rings. The third kappa shape index (κ3) is 5.91. The Bertz CT molecular complexity index is 699. The van der Waals surface area contributed by atoms with E-state index in [0.29, 0.717) is 24.3 Å². The Morgan fingerprint density at radius 1 is 1.12 bits per heavy atom. The van der Waals surface area contributed by atoms with Gasteiger partial charge in [0.05, 0.1) is 0 Å². The number of amides is 1. The smallest absolute Gasteiger partial charge is 0.326 e. The zero-order chi connectivity index (χ0) is 18.2. The number of carbonyl (C=O) groups is 2. The SMILES string of the molecule is CC(C)C[C@@H](NC(=O)c1ccc(OCc2ccncc2)cc1)C(=O)O. The van der Waals surface area contributed by atoms with Crippen LogP contribution in [0.1, 0.15) is 36.2 Å². The second kappa shape index (κ2) is 8.82. The lowest BCUT2D eigenvalue weighted by Crippen LogP contribution is -2.41. The van der Waals surface area contributed by atoms with E-state index >= 15 is 0 Å². The standard InChI is InChI=1S/C19H22N2O4/c1-13(2)11-17(19(23)24)21-18(22)15-3-5-16(6-4-15)25-12-14-7-9-20-10-8-14/h3-10,13,17H,11-12H2,1-2H3,(H,21,22)(H,23,24)/t17-/m1/s1.